The van der Waals surface area contributed by atoms with Gasteiger partial charge < -0.3 is 9.32 Å². The van der Waals surface area contributed by atoms with Gasteiger partial charge in [-0.2, -0.15) is 0 Å². The number of para-hydroxylation sites is 1. The minimum atomic E-state index is -0.218. The first-order valence-corrected chi connectivity index (χ1v) is 9.62. The highest BCUT2D eigenvalue weighted by molar-refractivity contribution is 8.00. The lowest BCUT2D eigenvalue weighted by molar-refractivity contribution is -0.129. The molecule has 0 aliphatic carbocycles. The number of aromatic nitrogens is 3. The number of hydrogen-bond donors (Lipinski definition) is 0. The number of hydrogen-bond acceptors (Lipinski definition) is 5. The minimum Gasteiger partial charge on any atom is -0.461 e. The van der Waals surface area contributed by atoms with E-state index in [0.29, 0.717) is 16.7 Å². The molecule has 3 aromatic rings. The third-order valence-electron chi connectivity index (χ3n) is 4.44. The second-order valence-electron chi connectivity index (χ2n) is 6.25. The Morgan fingerprint density at radius 1 is 1.12 bits per heavy atom. The predicted molar refractivity (Wildman–Crippen MR) is 100 cm³/mol. The van der Waals surface area contributed by atoms with Crippen molar-refractivity contribution in [1.29, 1.82) is 0 Å². The molecule has 1 fully saturated rings. The largest absolute Gasteiger partial charge is 0.461 e. The summed E-state index contributed by atoms with van der Waals surface area (Å²) in [7, 11) is 0. The molecule has 1 amide bonds. The molecule has 1 aromatic carbocycles. The molecule has 0 spiro atoms. The number of benzene rings is 1. The van der Waals surface area contributed by atoms with Gasteiger partial charge in [0.1, 0.15) is 0 Å². The quantitative estimate of drug-likeness (QED) is 0.644. The average Bonchev–Trinajstić information content (AvgIpc) is 3.42. The molecular formula is C19H20N4O2S. The van der Waals surface area contributed by atoms with E-state index < -0.39 is 0 Å². The Labute approximate surface area is 156 Å². The van der Waals surface area contributed by atoms with Crippen LogP contribution in [0.25, 0.3) is 17.3 Å². The highest BCUT2D eigenvalue weighted by Gasteiger charge is 2.27. The van der Waals surface area contributed by atoms with Crippen molar-refractivity contribution < 1.29 is 9.21 Å². The maximum atomic E-state index is 12.7. The molecule has 0 radical (unpaired) electrons. The van der Waals surface area contributed by atoms with Gasteiger partial charge in [-0.05, 0) is 44.0 Å². The molecule has 1 aliphatic heterocycles. The molecule has 7 heteroatoms. The Kier molecular flexibility index (Phi) is 4.79. The van der Waals surface area contributed by atoms with Gasteiger partial charge in [-0.3, -0.25) is 9.36 Å². The molecule has 0 saturated carbocycles. The fraction of sp³-hybridized carbons (Fsp3) is 0.316. The van der Waals surface area contributed by atoms with Crippen LogP contribution in [-0.2, 0) is 4.79 Å². The van der Waals surface area contributed by atoms with Crippen LogP contribution in [0, 0.1) is 0 Å². The van der Waals surface area contributed by atoms with Gasteiger partial charge in [0.25, 0.3) is 0 Å². The van der Waals surface area contributed by atoms with Crippen LogP contribution in [0.5, 0.6) is 0 Å². The smallest absolute Gasteiger partial charge is 0.235 e. The molecule has 3 heterocycles. The van der Waals surface area contributed by atoms with Crippen molar-refractivity contribution in [3.63, 3.8) is 0 Å². The summed E-state index contributed by atoms with van der Waals surface area (Å²) in [5.74, 6) is 1.44. The lowest BCUT2D eigenvalue weighted by Crippen LogP contribution is -2.34. The van der Waals surface area contributed by atoms with Crippen molar-refractivity contribution >= 4 is 17.7 Å². The summed E-state index contributed by atoms with van der Waals surface area (Å²) in [6.45, 7) is 3.64. The Bertz CT molecular complexity index is 870. The van der Waals surface area contributed by atoms with Crippen molar-refractivity contribution in [2.45, 2.75) is 30.2 Å². The number of carbonyl (C=O) groups is 1. The topological polar surface area (TPSA) is 64.2 Å². The highest BCUT2D eigenvalue weighted by Crippen LogP contribution is 2.31. The van der Waals surface area contributed by atoms with E-state index in [-0.39, 0.29) is 11.2 Å². The third kappa shape index (κ3) is 3.26. The summed E-state index contributed by atoms with van der Waals surface area (Å²) >= 11 is 1.43. The van der Waals surface area contributed by atoms with Gasteiger partial charge in [0.2, 0.25) is 11.7 Å². The number of thioether (sulfide) groups is 1. The second-order valence-corrected chi connectivity index (χ2v) is 7.55. The fourth-order valence-corrected chi connectivity index (χ4v) is 4.08. The molecule has 4 rings (SSSR count). The van der Waals surface area contributed by atoms with Crippen molar-refractivity contribution in [3.05, 3.63) is 48.7 Å². The van der Waals surface area contributed by atoms with Gasteiger partial charge in [-0.15, -0.1) is 10.2 Å². The predicted octanol–water partition coefficient (Wildman–Crippen LogP) is 3.63. The first-order chi connectivity index (χ1) is 12.7. The summed E-state index contributed by atoms with van der Waals surface area (Å²) in [6.07, 6.45) is 3.80. The Morgan fingerprint density at radius 3 is 2.58 bits per heavy atom. The lowest BCUT2D eigenvalue weighted by atomic mass is 10.3. The Hall–Kier alpha value is -2.54. The number of nitrogens with zero attached hydrogens (tertiary/aromatic N) is 4. The fourth-order valence-electron chi connectivity index (χ4n) is 3.12. The molecule has 2 aromatic heterocycles. The standard InChI is InChI=1S/C19H20N4O2S/c1-14(18(24)22-11-5-6-12-22)26-19-21-20-17(16-10-7-13-25-16)23(19)15-8-3-2-4-9-15/h2-4,7-10,13-14H,5-6,11-12H2,1H3. The molecule has 0 bridgehead atoms. The maximum absolute atomic E-state index is 12.7. The molecule has 1 atom stereocenters. The lowest BCUT2D eigenvalue weighted by Gasteiger charge is -2.19. The van der Waals surface area contributed by atoms with E-state index in [1.165, 1.54) is 11.8 Å². The van der Waals surface area contributed by atoms with E-state index in [1.54, 1.807) is 6.26 Å². The third-order valence-corrected chi connectivity index (χ3v) is 5.47. The van der Waals surface area contributed by atoms with Gasteiger partial charge >= 0.3 is 0 Å². The zero-order valence-electron chi connectivity index (χ0n) is 14.5. The number of amides is 1. The van der Waals surface area contributed by atoms with E-state index in [2.05, 4.69) is 10.2 Å². The summed E-state index contributed by atoms with van der Waals surface area (Å²) in [6, 6.07) is 13.6. The zero-order valence-corrected chi connectivity index (χ0v) is 15.4. The van der Waals surface area contributed by atoms with Crippen molar-refractivity contribution in [3.8, 4) is 17.3 Å². The molecule has 0 N–H and O–H groups in total. The second kappa shape index (κ2) is 7.37. The van der Waals surface area contributed by atoms with Crippen LogP contribution in [0.1, 0.15) is 19.8 Å². The van der Waals surface area contributed by atoms with E-state index >= 15 is 0 Å². The molecule has 1 saturated heterocycles. The van der Waals surface area contributed by atoms with Gasteiger partial charge in [0.15, 0.2) is 10.9 Å². The van der Waals surface area contributed by atoms with Crippen LogP contribution < -0.4 is 0 Å². The molecular weight excluding hydrogens is 348 g/mol. The van der Waals surface area contributed by atoms with Crippen molar-refractivity contribution in [1.82, 2.24) is 19.7 Å². The van der Waals surface area contributed by atoms with Crippen LogP contribution in [0.3, 0.4) is 0 Å². The van der Waals surface area contributed by atoms with Crippen LogP contribution in [0.15, 0.2) is 58.3 Å². The van der Waals surface area contributed by atoms with E-state index in [0.717, 1.165) is 31.6 Å². The summed E-state index contributed by atoms with van der Waals surface area (Å²) in [5.41, 5.74) is 0.937. The number of rotatable bonds is 5. The molecule has 26 heavy (non-hydrogen) atoms. The Balaban J connectivity index is 1.67. The Morgan fingerprint density at radius 2 is 1.88 bits per heavy atom. The summed E-state index contributed by atoms with van der Waals surface area (Å²) in [4.78, 5) is 14.6. The normalized spacial score (nSPS) is 15.3. The molecule has 6 nitrogen and oxygen atoms in total. The minimum absolute atomic E-state index is 0.162. The molecule has 1 aliphatic rings. The number of furan rings is 1. The van der Waals surface area contributed by atoms with E-state index in [1.807, 2.05) is 58.9 Å². The zero-order chi connectivity index (χ0) is 17.9. The average molecular weight is 368 g/mol. The van der Waals surface area contributed by atoms with Crippen molar-refractivity contribution in [2.24, 2.45) is 0 Å². The molecule has 1 unspecified atom stereocenters. The van der Waals surface area contributed by atoms with Gasteiger partial charge in [0, 0.05) is 18.8 Å². The number of carbonyl (C=O) groups excluding carboxylic acids is 1. The van der Waals surface area contributed by atoms with Crippen LogP contribution in [0.2, 0.25) is 0 Å². The van der Waals surface area contributed by atoms with Crippen LogP contribution >= 0.6 is 11.8 Å². The van der Waals surface area contributed by atoms with E-state index in [4.69, 9.17) is 4.42 Å². The SMILES string of the molecule is CC(Sc1nnc(-c2ccco2)n1-c1ccccc1)C(=O)N1CCCC1. The van der Waals surface area contributed by atoms with E-state index in [9.17, 15) is 4.79 Å². The van der Waals surface area contributed by atoms with Crippen molar-refractivity contribution in [2.75, 3.05) is 13.1 Å². The number of likely N-dealkylation sites (tertiary alicyclic amines) is 1. The summed E-state index contributed by atoms with van der Waals surface area (Å²) < 4.78 is 7.46. The molecule has 134 valence electrons. The van der Waals surface area contributed by atoms with Crippen LogP contribution in [0.4, 0.5) is 0 Å². The maximum Gasteiger partial charge on any atom is 0.235 e. The van der Waals surface area contributed by atoms with Gasteiger partial charge in [0.05, 0.1) is 11.5 Å². The first kappa shape index (κ1) is 16.9. The summed E-state index contributed by atoms with van der Waals surface area (Å²) in [5, 5.41) is 9.13. The van der Waals surface area contributed by atoms with Crippen LogP contribution in [-0.4, -0.2) is 43.9 Å². The monoisotopic (exact) mass is 368 g/mol. The van der Waals surface area contributed by atoms with Gasteiger partial charge in [-0.25, -0.2) is 0 Å². The first-order valence-electron chi connectivity index (χ1n) is 8.74. The van der Waals surface area contributed by atoms with Gasteiger partial charge in [-0.1, -0.05) is 30.0 Å². The highest BCUT2D eigenvalue weighted by atomic mass is 32.2.